The third kappa shape index (κ3) is 1.93. The Hall–Kier alpha value is -1.36. The van der Waals surface area contributed by atoms with E-state index in [0.717, 1.165) is 19.3 Å². The normalized spacial score (nSPS) is 26.4. The molecule has 3 N–H and O–H groups in total. The molecule has 2 atom stereocenters. The first-order valence-electron chi connectivity index (χ1n) is 4.72. The average Bonchev–Trinajstić information content (AvgIpc) is 2.75. The van der Waals surface area contributed by atoms with Gasteiger partial charge in [0.1, 0.15) is 6.26 Å². The van der Waals surface area contributed by atoms with Crippen molar-refractivity contribution in [3.05, 3.63) is 18.0 Å². The predicted octanol–water partition coefficient (Wildman–Crippen LogP) is 0.284. The maximum absolute atomic E-state index is 11.5. The molecule has 14 heavy (non-hydrogen) atoms. The van der Waals surface area contributed by atoms with Crippen molar-refractivity contribution >= 4 is 5.91 Å². The molecule has 1 amide bonds. The Morgan fingerprint density at radius 1 is 1.64 bits per heavy atom. The summed E-state index contributed by atoms with van der Waals surface area (Å²) < 4.78 is 4.59. The molecule has 1 heterocycles. The smallest absolute Gasteiger partial charge is 0.273 e. The molecule has 1 fully saturated rings. The molecular formula is C9H13N3O2. The van der Waals surface area contributed by atoms with Crippen LogP contribution in [0, 0.1) is 0 Å². The molecule has 0 bridgehead atoms. The molecule has 1 aromatic rings. The maximum Gasteiger partial charge on any atom is 0.273 e. The van der Waals surface area contributed by atoms with Gasteiger partial charge in [0.05, 0.1) is 0 Å². The van der Waals surface area contributed by atoms with E-state index in [4.69, 9.17) is 5.73 Å². The van der Waals surface area contributed by atoms with Gasteiger partial charge < -0.3 is 15.6 Å². The third-order valence-electron chi connectivity index (χ3n) is 2.48. The van der Waals surface area contributed by atoms with Crippen LogP contribution in [0.1, 0.15) is 29.8 Å². The summed E-state index contributed by atoms with van der Waals surface area (Å²) in [5.41, 5.74) is 6.06. The van der Waals surface area contributed by atoms with Gasteiger partial charge in [0.15, 0.2) is 5.69 Å². The van der Waals surface area contributed by atoms with Gasteiger partial charge in [0, 0.05) is 18.2 Å². The van der Waals surface area contributed by atoms with Crippen molar-refractivity contribution in [2.24, 2.45) is 5.73 Å². The average molecular weight is 195 g/mol. The molecule has 2 unspecified atom stereocenters. The Balaban J connectivity index is 1.89. The molecule has 0 radical (unpaired) electrons. The fraction of sp³-hybridized carbons (Fsp3) is 0.556. The van der Waals surface area contributed by atoms with E-state index in [1.165, 1.54) is 6.26 Å². The molecule has 0 aromatic carbocycles. The van der Waals surface area contributed by atoms with Crippen LogP contribution in [0.4, 0.5) is 0 Å². The summed E-state index contributed by atoms with van der Waals surface area (Å²) in [6.45, 7) is 0. The molecular weight excluding hydrogens is 182 g/mol. The van der Waals surface area contributed by atoms with Crippen LogP contribution in [0.2, 0.25) is 0 Å². The Bertz CT molecular complexity index is 310. The molecule has 5 heteroatoms. The van der Waals surface area contributed by atoms with Crippen LogP contribution < -0.4 is 11.1 Å². The van der Waals surface area contributed by atoms with Crippen LogP contribution in [0.5, 0.6) is 0 Å². The number of rotatable bonds is 2. The fourth-order valence-corrected chi connectivity index (χ4v) is 1.74. The fourth-order valence-electron chi connectivity index (χ4n) is 1.74. The molecule has 76 valence electrons. The summed E-state index contributed by atoms with van der Waals surface area (Å²) in [6.07, 6.45) is 4.16. The van der Waals surface area contributed by atoms with E-state index < -0.39 is 0 Å². The molecule has 2 rings (SSSR count). The van der Waals surface area contributed by atoms with Gasteiger partial charge in [-0.2, -0.15) is 0 Å². The first-order chi connectivity index (χ1) is 6.75. The van der Waals surface area contributed by atoms with E-state index in [1.54, 1.807) is 6.07 Å². The highest BCUT2D eigenvalue weighted by Crippen LogP contribution is 2.17. The summed E-state index contributed by atoms with van der Waals surface area (Å²) in [4.78, 5) is 11.5. The van der Waals surface area contributed by atoms with Crippen molar-refractivity contribution in [3.8, 4) is 0 Å². The summed E-state index contributed by atoms with van der Waals surface area (Å²) in [5, 5.41) is 6.43. The Labute approximate surface area is 81.6 Å². The summed E-state index contributed by atoms with van der Waals surface area (Å²) >= 11 is 0. The standard InChI is InChI=1S/C9H13N3O2/c10-6-1-2-7(5-6)11-9(13)8-3-4-14-12-8/h3-4,6-7H,1-2,5,10H2,(H,11,13). The number of hydrogen-bond acceptors (Lipinski definition) is 4. The van der Waals surface area contributed by atoms with Gasteiger partial charge in [-0.3, -0.25) is 4.79 Å². The maximum atomic E-state index is 11.5. The van der Waals surface area contributed by atoms with E-state index >= 15 is 0 Å². The molecule has 1 aliphatic carbocycles. The van der Waals surface area contributed by atoms with Crippen molar-refractivity contribution in [1.82, 2.24) is 10.5 Å². The number of aromatic nitrogens is 1. The topological polar surface area (TPSA) is 81.1 Å². The number of nitrogens with zero attached hydrogens (tertiary/aromatic N) is 1. The minimum Gasteiger partial charge on any atom is -0.364 e. The minimum atomic E-state index is -0.183. The predicted molar refractivity (Wildman–Crippen MR) is 49.6 cm³/mol. The van der Waals surface area contributed by atoms with Gasteiger partial charge in [0.2, 0.25) is 0 Å². The highest BCUT2D eigenvalue weighted by Gasteiger charge is 2.24. The monoisotopic (exact) mass is 195 g/mol. The first kappa shape index (κ1) is 9.21. The lowest BCUT2D eigenvalue weighted by atomic mass is 10.2. The number of hydrogen-bond donors (Lipinski definition) is 2. The molecule has 0 aliphatic heterocycles. The van der Waals surface area contributed by atoms with E-state index in [1.807, 2.05) is 0 Å². The lowest BCUT2D eigenvalue weighted by Gasteiger charge is -2.10. The van der Waals surface area contributed by atoms with Crippen molar-refractivity contribution in [3.63, 3.8) is 0 Å². The summed E-state index contributed by atoms with van der Waals surface area (Å²) in [7, 11) is 0. The molecule has 1 aliphatic rings. The lowest BCUT2D eigenvalue weighted by molar-refractivity contribution is 0.0928. The largest absolute Gasteiger partial charge is 0.364 e. The number of amides is 1. The number of carbonyl (C=O) groups excluding carboxylic acids is 1. The zero-order valence-electron chi connectivity index (χ0n) is 7.77. The van der Waals surface area contributed by atoms with Crippen LogP contribution in [-0.4, -0.2) is 23.1 Å². The minimum absolute atomic E-state index is 0.183. The quantitative estimate of drug-likeness (QED) is 0.710. The van der Waals surface area contributed by atoms with Crippen LogP contribution >= 0.6 is 0 Å². The lowest BCUT2D eigenvalue weighted by Crippen LogP contribution is -2.34. The second-order valence-electron chi connectivity index (χ2n) is 3.63. The summed E-state index contributed by atoms with van der Waals surface area (Å²) in [6, 6.07) is 1.95. The van der Waals surface area contributed by atoms with E-state index in [0.29, 0.717) is 5.69 Å². The van der Waals surface area contributed by atoms with Crippen LogP contribution in [0.25, 0.3) is 0 Å². The van der Waals surface area contributed by atoms with Gasteiger partial charge in [-0.1, -0.05) is 5.16 Å². The van der Waals surface area contributed by atoms with Gasteiger partial charge in [-0.15, -0.1) is 0 Å². The van der Waals surface area contributed by atoms with E-state index in [2.05, 4.69) is 15.0 Å². The van der Waals surface area contributed by atoms with Crippen molar-refractivity contribution in [2.75, 3.05) is 0 Å². The first-order valence-corrected chi connectivity index (χ1v) is 4.72. The second kappa shape index (κ2) is 3.79. The zero-order valence-corrected chi connectivity index (χ0v) is 7.77. The third-order valence-corrected chi connectivity index (χ3v) is 2.48. The molecule has 1 aromatic heterocycles. The summed E-state index contributed by atoms with van der Waals surface area (Å²) in [5.74, 6) is -0.183. The Morgan fingerprint density at radius 2 is 2.50 bits per heavy atom. The van der Waals surface area contributed by atoms with Crippen LogP contribution in [-0.2, 0) is 0 Å². The van der Waals surface area contributed by atoms with Gasteiger partial charge in [0.25, 0.3) is 5.91 Å². The zero-order chi connectivity index (χ0) is 9.97. The van der Waals surface area contributed by atoms with E-state index in [9.17, 15) is 4.79 Å². The number of carbonyl (C=O) groups is 1. The Kier molecular flexibility index (Phi) is 2.49. The highest BCUT2D eigenvalue weighted by atomic mass is 16.5. The molecule has 0 spiro atoms. The molecule has 5 nitrogen and oxygen atoms in total. The van der Waals surface area contributed by atoms with Crippen LogP contribution in [0.15, 0.2) is 16.9 Å². The molecule has 1 saturated carbocycles. The SMILES string of the molecule is NC1CCC(NC(=O)c2ccon2)C1. The van der Waals surface area contributed by atoms with Gasteiger partial charge >= 0.3 is 0 Å². The van der Waals surface area contributed by atoms with E-state index in [-0.39, 0.29) is 18.0 Å². The van der Waals surface area contributed by atoms with Crippen LogP contribution in [0.3, 0.4) is 0 Å². The second-order valence-corrected chi connectivity index (χ2v) is 3.63. The van der Waals surface area contributed by atoms with Gasteiger partial charge in [-0.25, -0.2) is 0 Å². The Morgan fingerprint density at radius 3 is 3.07 bits per heavy atom. The number of nitrogens with two attached hydrogens (primary N) is 1. The van der Waals surface area contributed by atoms with Crippen molar-refractivity contribution in [2.45, 2.75) is 31.3 Å². The number of nitrogens with one attached hydrogen (secondary N) is 1. The van der Waals surface area contributed by atoms with Crippen molar-refractivity contribution < 1.29 is 9.32 Å². The van der Waals surface area contributed by atoms with Gasteiger partial charge in [-0.05, 0) is 19.3 Å². The molecule has 0 saturated heterocycles. The highest BCUT2D eigenvalue weighted by molar-refractivity contribution is 5.92. The van der Waals surface area contributed by atoms with Crippen molar-refractivity contribution in [1.29, 1.82) is 0 Å².